The summed E-state index contributed by atoms with van der Waals surface area (Å²) in [4.78, 5) is 12.1. The number of hydrogen-bond acceptors (Lipinski definition) is 5. The number of nitrogens with two attached hydrogens (primary N) is 1. The summed E-state index contributed by atoms with van der Waals surface area (Å²) in [6.45, 7) is 4.18. The van der Waals surface area contributed by atoms with E-state index in [0.717, 1.165) is 32.1 Å². The predicted octanol–water partition coefficient (Wildman–Crippen LogP) is 4.67. The quantitative estimate of drug-likeness (QED) is 0.207. The molecule has 6 nitrogen and oxygen atoms in total. The Morgan fingerprint density at radius 3 is 2.26 bits per heavy atom. The summed E-state index contributed by atoms with van der Waals surface area (Å²) in [5, 5.41) is 26.4. The predicted molar refractivity (Wildman–Crippen MR) is 113 cm³/mol. The van der Waals surface area contributed by atoms with Crippen LogP contribution >= 0.6 is 0 Å². The highest BCUT2D eigenvalue weighted by molar-refractivity contribution is 6.48. The normalized spacial score (nSPS) is 13.7. The minimum atomic E-state index is -0.00293. The minimum absolute atomic E-state index is 0.00293. The lowest BCUT2D eigenvalue weighted by Crippen LogP contribution is -2.22. The van der Waals surface area contributed by atoms with Gasteiger partial charge in [-0.3, -0.25) is 15.6 Å². The number of amides is 1. The maximum atomic E-state index is 12.1. The van der Waals surface area contributed by atoms with Gasteiger partial charge >= 0.3 is 0 Å². The van der Waals surface area contributed by atoms with Gasteiger partial charge in [0.15, 0.2) is 0 Å². The summed E-state index contributed by atoms with van der Waals surface area (Å²) in [5.74, 6) is 0.0471. The van der Waals surface area contributed by atoms with Crippen LogP contribution in [-0.4, -0.2) is 22.4 Å². The van der Waals surface area contributed by atoms with Crippen molar-refractivity contribution in [1.82, 2.24) is 0 Å². The van der Waals surface area contributed by atoms with Gasteiger partial charge in [0, 0.05) is 17.7 Å². The second kappa shape index (κ2) is 11.7. The number of aromatic hydroxyl groups is 1. The van der Waals surface area contributed by atoms with Crippen LogP contribution in [0, 0.1) is 16.7 Å². The molecule has 6 N–H and O–H groups in total. The van der Waals surface area contributed by atoms with Gasteiger partial charge in [0.2, 0.25) is 5.91 Å². The zero-order valence-electron chi connectivity index (χ0n) is 16.1. The van der Waals surface area contributed by atoms with Crippen molar-refractivity contribution in [3.63, 3.8) is 0 Å². The standard InChI is InChI=1S/C15H24N2O2.C6H6N2/c1-3-5-6-7-11(4-2)15(19)17-12-8-9-13(16)14(18)10-12;7-5-3-1-2-4-6(5)8/h8-11,18H,3-7,16H2,1-2H3,(H,17,19);1-4,7-8H. The van der Waals surface area contributed by atoms with E-state index in [1.807, 2.05) is 6.92 Å². The maximum Gasteiger partial charge on any atom is 0.227 e. The highest BCUT2D eigenvalue weighted by Gasteiger charge is 2.16. The molecule has 1 atom stereocenters. The van der Waals surface area contributed by atoms with Crippen molar-refractivity contribution in [2.45, 2.75) is 46.0 Å². The van der Waals surface area contributed by atoms with E-state index >= 15 is 0 Å². The number of phenolic OH excluding ortho intramolecular Hbond substituents is 1. The molecular formula is C21H30N4O2. The van der Waals surface area contributed by atoms with E-state index in [2.05, 4.69) is 12.2 Å². The summed E-state index contributed by atoms with van der Waals surface area (Å²) >= 11 is 0. The van der Waals surface area contributed by atoms with E-state index in [9.17, 15) is 9.90 Å². The average Bonchev–Trinajstić information content (AvgIpc) is 2.65. The smallest absolute Gasteiger partial charge is 0.227 e. The Bertz CT molecular complexity index is 701. The lowest BCUT2D eigenvalue weighted by atomic mass is 9.97. The Hall–Kier alpha value is -2.89. The van der Waals surface area contributed by atoms with E-state index in [4.69, 9.17) is 16.6 Å². The number of rotatable bonds is 7. The number of carbonyl (C=O) groups excluding carboxylic acids is 1. The van der Waals surface area contributed by atoms with Crippen molar-refractivity contribution in [1.29, 1.82) is 10.8 Å². The molecule has 27 heavy (non-hydrogen) atoms. The molecule has 1 amide bonds. The molecular weight excluding hydrogens is 340 g/mol. The molecule has 0 saturated carbocycles. The largest absolute Gasteiger partial charge is 0.506 e. The van der Waals surface area contributed by atoms with E-state index in [1.165, 1.54) is 6.07 Å². The fraction of sp³-hybridized carbons (Fsp3) is 0.381. The summed E-state index contributed by atoms with van der Waals surface area (Å²) in [5.41, 5.74) is 6.99. The molecule has 0 saturated heterocycles. The van der Waals surface area contributed by atoms with Crippen LogP contribution in [0.15, 0.2) is 42.5 Å². The van der Waals surface area contributed by atoms with Crippen molar-refractivity contribution in [2.24, 2.45) is 5.92 Å². The molecule has 6 heteroatoms. The van der Waals surface area contributed by atoms with Gasteiger partial charge in [-0.2, -0.15) is 0 Å². The number of phenols is 1. The summed E-state index contributed by atoms with van der Waals surface area (Å²) in [6, 6.07) is 4.76. The summed E-state index contributed by atoms with van der Waals surface area (Å²) in [6.07, 6.45) is 11.8. The molecule has 1 aromatic carbocycles. The molecule has 0 bridgehead atoms. The second-order valence-corrected chi connectivity index (χ2v) is 6.41. The number of carbonyl (C=O) groups is 1. The summed E-state index contributed by atoms with van der Waals surface area (Å²) in [7, 11) is 0. The Morgan fingerprint density at radius 2 is 1.78 bits per heavy atom. The first-order valence-corrected chi connectivity index (χ1v) is 9.30. The number of benzene rings is 1. The molecule has 146 valence electrons. The molecule has 2 rings (SSSR count). The topological polar surface area (TPSA) is 123 Å². The van der Waals surface area contributed by atoms with E-state index in [1.54, 1.807) is 36.4 Å². The van der Waals surface area contributed by atoms with Gasteiger partial charge in [-0.05, 0) is 37.1 Å². The first-order chi connectivity index (χ1) is 12.9. The molecule has 0 radical (unpaired) electrons. The highest BCUT2D eigenvalue weighted by atomic mass is 16.3. The van der Waals surface area contributed by atoms with E-state index in [-0.39, 0.29) is 29.0 Å². The zero-order valence-corrected chi connectivity index (χ0v) is 16.1. The third kappa shape index (κ3) is 7.90. The highest BCUT2D eigenvalue weighted by Crippen LogP contribution is 2.24. The number of nitrogen functional groups attached to an aromatic ring is 1. The molecule has 0 fully saturated rings. The maximum absolute atomic E-state index is 12.1. The lowest BCUT2D eigenvalue weighted by molar-refractivity contribution is -0.120. The molecule has 1 aliphatic carbocycles. The van der Waals surface area contributed by atoms with Crippen LogP contribution in [0.1, 0.15) is 46.0 Å². The van der Waals surface area contributed by atoms with E-state index in [0.29, 0.717) is 11.4 Å². The minimum Gasteiger partial charge on any atom is -0.506 e. The molecule has 1 aromatic rings. The fourth-order valence-electron chi connectivity index (χ4n) is 2.51. The molecule has 0 heterocycles. The van der Waals surface area contributed by atoms with Crippen molar-refractivity contribution < 1.29 is 9.90 Å². The van der Waals surface area contributed by atoms with Crippen LogP contribution in [0.4, 0.5) is 11.4 Å². The number of unbranched alkanes of at least 4 members (excludes halogenated alkanes) is 2. The Balaban J connectivity index is 0.000000377. The lowest BCUT2D eigenvalue weighted by Gasteiger charge is -2.15. The third-order valence-corrected chi connectivity index (χ3v) is 4.24. The van der Waals surface area contributed by atoms with Gasteiger partial charge < -0.3 is 16.2 Å². The Morgan fingerprint density at radius 1 is 1.15 bits per heavy atom. The summed E-state index contributed by atoms with van der Waals surface area (Å²) < 4.78 is 0. The van der Waals surface area contributed by atoms with Gasteiger partial charge in [0.25, 0.3) is 0 Å². The first-order valence-electron chi connectivity index (χ1n) is 9.30. The molecule has 0 aliphatic heterocycles. The van der Waals surface area contributed by atoms with Crippen molar-refractivity contribution in [3.05, 3.63) is 42.5 Å². The van der Waals surface area contributed by atoms with Gasteiger partial charge in [0.05, 0.1) is 17.1 Å². The van der Waals surface area contributed by atoms with Gasteiger partial charge in [-0.15, -0.1) is 0 Å². The number of anilines is 2. The van der Waals surface area contributed by atoms with E-state index < -0.39 is 0 Å². The fourth-order valence-corrected chi connectivity index (χ4v) is 2.51. The third-order valence-electron chi connectivity index (χ3n) is 4.24. The zero-order chi connectivity index (χ0) is 20.2. The Labute approximate surface area is 161 Å². The second-order valence-electron chi connectivity index (χ2n) is 6.41. The van der Waals surface area contributed by atoms with Gasteiger partial charge in [0.1, 0.15) is 5.75 Å². The van der Waals surface area contributed by atoms with Gasteiger partial charge in [-0.25, -0.2) is 0 Å². The number of allylic oxidation sites excluding steroid dienone is 4. The number of hydrogen-bond donors (Lipinski definition) is 5. The molecule has 0 aromatic heterocycles. The van der Waals surface area contributed by atoms with Crippen LogP contribution in [-0.2, 0) is 4.79 Å². The monoisotopic (exact) mass is 370 g/mol. The Kier molecular flexibility index (Phi) is 9.58. The van der Waals surface area contributed by atoms with Crippen molar-refractivity contribution in [2.75, 3.05) is 11.1 Å². The SMILES string of the molecule is CCCCCC(CC)C(=O)Nc1ccc(N)c(O)c1.N=C1C=CC=CC1=N. The van der Waals surface area contributed by atoms with Crippen LogP contribution in [0.5, 0.6) is 5.75 Å². The molecule has 1 unspecified atom stereocenters. The number of nitrogens with one attached hydrogen (secondary N) is 3. The van der Waals surface area contributed by atoms with Crippen molar-refractivity contribution >= 4 is 28.7 Å². The van der Waals surface area contributed by atoms with Crippen LogP contribution in [0.25, 0.3) is 0 Å². The first kappa shape index (κ1) is 22.2. The van der Waals surface area contributed by atoms with Crippen LogP contribution in [0.2, 0.25) is 0 Å². The average molecular weight is 370 g/mol. The van der Waals surface area contributed by atoms with Gasteiger partial charge in [-0.1, -0.05) is 45.3 Å². The molecule has 0 spiro atoms. The molecule has 1 aliphatic rings. The van der Waals surface area contributed by atoms with Crippen LogP contribution in [0.3, 0.4) is 0 Å². The van der Waals surface area contributed by atoms with Crippen molar-refractivity contribution in [3.8, 4) is 5.75 Å². The van der Waals surface area contributed by atoms with Crippen LogP contribution < -0.4 is 11.1 Å².